The van der Waals surface area contributed by atoms with Gasteiger partial charge in [0.25, 0.3) is 0 Å². The molecule has 1 aromatic heterocycles. The summed E-state index contributed by atoms with van der Waals surface area (Å²) < 4.78 is 41.6. The maximum absolute atomic E-state index is 13.6. The third-order valence-corrected chi connectivity index (χ3v) is 4.43. The Morgan fingerprint density at radius 2 is 1.87 bits per heavy atom. The van der Waals surface area contributed by atoms with Gasteiger partial charge in [-0.2, -0.15) is 5.26 Å². The summed E-state index contributed by atoms with van der Waals surface area (Å²) in [7, 11) is 0. The van der Waals surface area contributed by atoms with Crippen LogP contribution in [-0.4, -0.2) is 22.9 Å². The number of nitrogens with one attached hydrogen (secondary N) is 2. The third kappa shape index (κ3) is 5.11. The number of aryl methyl sites for hydroxylation is 1. The molecule has 0 aliphatic rings. The van der Waals surface area contributed by atoms with Crippen molar-refractivity contribution in [2.24, 2.45) is 0 Å². The molecule has 0 aliphatic heterocycles. The summed E-state index contributed by atoms with van der Waals surface area (Å²) in [5, 5.41) is 14.1. The number of hydrogen-bond donors (Lipinski definition) is 2. The second kappa shape index (κ2) is 9.63. The van der Waals surface area contributed by atoms with Gasteiger partial charge in [-0.1, -0.05) is 18.2 Å². The number of nitriles is 1. The minimum atomic E-state index is -1.70. The number of nitrogens with zero attached hydrogens (tertiary/aromatic N) is 2. The minimum Gasteiger partial charge on any atom is -0.346 e. The maximum atomic E-state index is 13.6. The van der Waals surface area contributed by atoms with E-state index in [-0.39, 0.29) is 0 Å². The predicted molar refractivity (Wildman–Crippen MR) is 109 cm³/mol. The predicted octanol–water partition coefficient (Wildman–Crippen LogP) is 3.74. The number of aromatic nitrogens is 1. The van der Waals surface area contributed by atoms with E-state index >= 15 is 0 Å². The highest BCUT2D eigenvalue weighted by Gasteiger charge is 2.15. The molecule has 0 spiro atoms. The molecule has 0 unspecified atom stereocenters. The van der Waals surface area contributed by atoms with E-state index in [1.165, 1.54) is 6.08 Å². The molecule has 3 rings (SSSR count). The minimum absolute atomic E-state index is 0.343. The number of para-hydroxylation sites is 1. The smallest absolute Gasteiger partial charge is 0.244 e. The van der Waals surface area contributed by atoms with Crippen LogP contribution in [0.15, 0.2) is 48.7 Å². The average molecular weight is 426 g/mol. The van der Waals surface area contributed by atoms with Crippen LogP contribution in [0.3, 0.4) is 0 Å². The van der Waals surface area contributed by atoms with Crippen molar-refractivity contribution >= 4 is 34.5 Å². The lowest BCUT2D eigenvalue weighted by Gasteiger charge is -2.07. The molecule has 0 bridgehead atoms. The van der Waals surface area contributed by atoms with Gasteiger partial charge in [-0.3, -0.25) is 9.59 Å². The van der Waals surface area contributed by atoms with E-state index in [1.807, 2.05) is 35.0 Å². The zero-order chi connectivity index (χ0) is 22.4. The van der Waals surface area contributed by atoms with Crippen molar-refractivity contribution < 1.29 is 22.8 Å². The lowest BCUT2D eigenvalue weighted by molar-refractivity contribution is -0.121. The van der Waals surface area contributed by atoms with E-state index in [0.29, 0.717) is 19.0 Å². The van der Waals surface area contributed by atoms with Crippen molar-refractivity contribution in [2.45, 2.75) is 13.0 Å². The molecular weight excluding hydrogens is 409 g/mol. The number of anilines is 1. The number of halogens is 3. The van der Waals surface area contributed by atoms with Crippen molar-refractivity contribution in [3.05, 3.63) is 71.7 Å². The number of carbonyl (C=O) groups excluding carboxylic acids is 2. The average Bonchev–Trinajstić information content (AvgIpc) is 3.13. The fourth-order valence-corrected chi connectivity index (χ4v) is 2.97. The molecule has 6 nitrogen and oxygen atoms in total. The quantitative estimate of drug-likeness (QED) is 0.446. The number of rotatable bonds is 7. The molecule has 3 aromatic rings. The van der Waals surface area contributed by atoms with E-state index in [2.05, 4.69) is 16.7 Å². The first-order valence-electron chi connectivity index (χ1n) is 9.24. The van der Waals surface area contributed by atoms with Crippen LogP contribution in [0.1, 0.15) is 12.0 Å². The van der Waals surface area contributed by atoms with E-state index in [0.717, 1.165) is 22.5 Å². The summed E-state index contributed by atoms with van der Waals surface area (Å²) in [4.78, 5) is 23.9. The SMILES string of the molecule is N#CCCn1cc(/C=C/C(=O)NCC(=O)Nc2ccc(F)c(F)c2F)c2ccccc21. The van der Waals surface area contributed by atoms with Crippen molar-refractivity contribution in [3.8, 4) is 6.07 Å². The second-order valence-corrected chi connectivity index (χ2v) is 6.53. The van der Waals surface area contributed by atoms with E-state index < -0.39 is 41.5 Å². The molecular formula is C22H17F3N4O2. The number of benzene rings is 2. The Labute approximate surface area is 175 Å². The van der Waals surface area contributed by atoms with E-state index in [9.17, 15) is 22.8 Å². The molecule has 0 aliphatic carbocycles. The van der Waals surface area contributed by atoms with Gasteiger partial charge < -0.3 is 15.2 Å². The highest BCUT2D eigenvalue weighted by atomic mass is 19.2. The third-order valence-electron chi connectivity index (χ3n) is 4.43. The van der Waals surface area contributed by atoms with Gasteiger partial charge in [0, 0.05) is 35.3 Å². The molecule has 2 amide bonds. The summed E-state index contributed by atoms with van der Waals surface area (Å²) in [5.74, 6) is -5.97. The van der Waals surface area contributed by atoms with Crippen molar-refractivity contribution in [1.29, 1.82) is 5.26 Å². The van der Waals surface area contributed by atoms with Gasteiger partial charge in [0.2, 0.25) is 11.8 Å². The zero-order valence-corrected chi connectivity index (χ0v) is 16.2. The first-order chi connectivity index (χ1) is 14.9. The van der Waals surface area contributed by atoms with Crippen LogP contribution in [-0.2, 0) is 16.1 Å². The molecule has 0 fully saturated rings. The lowest BCUT2D eigenvalue weighted by atomic mass is 10.1. The monoisotopic (exact) mass is 426 g/mol. The Kier molecular flexibility index (Phi) is 6.72. The molecule has 2 N–H and O–H groups in total. The van der Waals surface area contributed by atoms with Crippen LogP contribution < -0.4 is 10.6 Å². The second-order valence-electron chi connectivity index (χ2n) is 6.53. The molecule has 9 heteroatoms. The topological polar surface area (TPSA) is 86.9 Å². The molecule has 1 heterocycles. The lowest BCUT2D eigenvalue weighted by Crippen LogP contribution is -2.32. The number of amides is 2. The van der Waals surface area contributed by atoms with Crippen LogP contribution in [0.25, 0.3) is 17.0 Å². The van der Waals surface area contributed by atoms with Crippen molar-refractivity contribution in [1.82, 2.24) is 9.88 Å². The van der Waals surface area contributed by atoms with Crippen LogP contribution >= 0.6 is 0 Å². The molecule has 0 atom stereocenters. The first kappa shape index (κ1) is 21.6. The summed E-state index contributed by atoms with van der Waals surface area (Å²) in [6.45, 7) is 0.0172. The van der Waals surface area contributed by atoms with Crippen LogP contribution in [0.2, 0.25) is 0 Å². The standard InChI is InChI=1S/C22H17F3N4O2/c23-16-7-8-17(22(25)21(16)24)28-20(31)12-27-19(30)9-6-14-13-29(11-3-10-26)18-5-2-1-4-15(14)18/h1-2,4-9,13H,3,11-12H2,(H,27,30)(H,28,31)/b9-6+. The Bertz CT molecular complexity index is 1210. The first-order valence-corrected chi connectivity index (χ1v) is 9.24. The molecule has 158 valence electrons. The fourth-order valence-electron chi connectivity index (χ4n) is 2.97. The Hall–Kier alpha value is -4.06. The normalized spacial score (nSPS) is 10.9. The number of hydrogen-bond acceptors (Lipinski definition) is 3. The van der Waals surface area contributed by atoms with E-state index in [4.69, 9.17) is 5.26 Å². The molecule has 0 radical (unpaired) electrons. The van der Waals surface area contributed by atoms with Gasteiger partial charge in [-0.25, -0.2) is 13.2 Å². The van der Waals surface area contributed by atoms with Crippen LogP contribution in [0, 0.1) is 28.8 Å². The Morgan fingerprint density at radius 1 is 1.10 bits per heavy atom. The highest BCUT2D eigenvalue weighted by Crippen LogP contribution is 2.23. The largest absolute Gasteiger partial charge is 0.346 e. The van der Waals surface area contributed by atoms with E-state index in [1.54, 1.807) is 6.08 Å². The van der Waals surface area contributed by atoms with Gasteiger partial charge in [0.15, 0.2) is 17.5 Å². The van der Waals surface area contributed by atoms with Crippen LogP contribution in [0.4, 0.5) is 18.9 Å². The van der Waals surface area contributed by atoms with Gasteiger partial charge >= 0.3 is 0 Å². The van der Waals surface area contributed by atoms with Crippen molar-refractivity contribution in [2.75, 3.05) is 11.9 Å². The molecule has 2 aromatic carbocycles. The highest BCUT2D eigenvalue weighted by molar-refractivity contribution is 5.99. The number of carbonyl (C=O) groups is 2. The van der Waals surface area contributed by atoms with Crippen molar-refractivity contribution in [3.63, 3.8) is 0 Å². The Morgan fingerprint density at radius 3 is 2.65 bits per heavy atom. The zero-order valence-electron chi connectivity index (χ0n) is 16.2. The van der Waals surface area contributed by atoms with Gasteiger partial charge in [-0.15, -0.1) is 0 Å². The molecule has 0 saturated carbocycles. The number of fused-ring (bicyclic) bond motifs is 1. The maximum Gasteiger partial charge on any atom is 0.244 e. The summed E-state index contributed by atoms with van der Waals surface area (Å²) in [5.41, 5.74) is 1.15. The van der Waals surface area contributed by atoms with Gasteiger partial charge in [-0.05, 0) is 24.3 Å². The van der Waals surface area contributed by atoms with Gasteiger partial charge in [0.1, 0.15) is 0 Å². The van der Waals surface area contributed by atoms with Crippen LogP contribution in [0.5, 0.6) is 0 Å². The molecule has 0 saturated heterocycles. The summed E-state index contributed by atoms with van der Waals surface area (Å²) >= 11 is 0. The molecule has 31 heavy (non-hydrogen) atoms. The Balaban J connectivity index is 1.62. The van der Waals surface area contributed by atoms with Gasteiger partial charge in [0.05, 0.1) is 24.7 Å². The summed E-state index contributed by atoms with van der Waals surface area (Å²) in [6, 6.07) is 11.2. The fraction of sp³-hybridized carbons (Fsp3) is 0.136. The summed E-state index contributed by atoms with van der Waals surface area (Å²) in [6.07, 6.45) is 4.98.